The quantitative estimate of drug-likeness (QED) is 0.462. The number of nitrogens with zero attached hydrogens (tertiary/aromatic N) is 6. The van der Waals surface area contributed by atoms with Gasteiger partial charge in [0, 0.05) is 35.2 Å². The van der Waals surface area contributed by atoms with Gasteiger partial charge in [-0.2, -0.15) is 0 Å². The number of rotatable bonds is 4. The number of hydrogen-bond donors (Lipinski definition) is 1. The zero-order valence-corrected chi connectivity index (χ0v) is 18.7. The van der Waals surface area contributed by atoms with E-state index in [1.165, 1.54) is 27.6 Å². The van der Waals surface area contributed by atoms with Crippen molar-refractivity contribution in [2.75, 3.05) is 5.73 Å². The van der Waals surface area contributed by atoms with Crippen LogP contribution >= 0.6 is 0 Å². The number of hydrogen-bond acceptors (Lipinski definition) is 7. The Bertz CT molecular complexity index is 1570. The third kappa shape index (κ3) is 3.41. The van der Waals surface area contributed by atoms with Gasteiger partial charge in [-0.25, -0.2) is 28.2 Å². The molecule has 1 aromatic carbocycles. The maximum absolute atomic E-state index is 13.6. The summed E-state index contributed by atoms with van der Waals surface area (Å²) in [7, 11) is 0. The summed E-state index contributed by atoms with van der Waals surface area (Å²) < 4.78 is 22.2. The summed E-state index contributed by atoms with van der Waals surface area (Å²) in [6.45, 7) is 5.29. The molecule has 0 spiro atoms. The van der Waals surface area contributed by atoms with E-state index in [1.54, 1.807) is 45.1 Å². The minimum Gasteiger partial charge on any atom is -0.448 e. The Balaban J connectivity index is 1.82. The molecule has 11 heteroatoms. The predicted octanol–water partition coefficient (Wildman–Crippen LogP) is 3.09. The molecular weight excluding hydrogens is 441 g/mol. The fourth-order valence-corrected chi connectivity index (χ4v) is 4.05. The summed E-state index contributed by atoms with van der Waals surface area (Å²) in [5.41, 5.74) is 9.20. The van der Waals surface area contributed by atoms with Crippen LogP contribution < -0.4 is 11.4 Å². The van der Waals surface area contributed by atoms with Crippen LogP contribution in [-0.2, 0) is 6.54 Å². The average molecular weight is 462 g/mol. The maximum Gasteiger partial charge on any atom is 0.353 e. The molecule has 1 atom stereocenters. The Morgan fingerprint density at radius 2 is 1.97 bits per heavy atom. The van der Waals surface area contributed by atoms with Crippen molar-refractivity contribution in [1.29, 1.82) is 0 Å². The number of fused-ring (bicyclic) bond motifs is 1. The Hall–Kier alpha value is -4.41. The lowest BCUT2D eigenvalue weighted by Crippen LogP contribution is -2.24. The monoisotopic (exact) mass is 462 g/mol. The minimum atomic E-state index is -0.495. The Morgan fingerprint density at radius 1 is 1.24 bits per heavy atom. The number of aryl methyl sites for hydroxylation is 1. The highest BCUT2D eigenvalue weighted by molar-refractivity contribution is 5.91. The topological polar surface area (TPSA) is 124 Å². The third-order valence-electron chi connectivity index (χ3n) is 5.81. The lowest BCUT2D eigenvalue weighted by Gasteiger charge is -2.15. The highest BCUT2D eigenvalue weighted by Gasteiger charge is 2.30. The molecule has 0 saturated carbocycles. The Labute approximate surface area is 192 Å². The van der Waals surface area contributed by atoms with E-state index in [4.69, 9.17) is 10.2 Å². The van der Waals surface area contributed by atoms with Crippen LogP contribution in [0.3, 0.4) is 0 Å². The molecule has 10 nitrogen and oxygen atoms in total. The number of nitrogen functional groups attached to an aromatic ring is 1. The average Bonchev–Trinajstić information content (AvgIpc) is 3.35. The number of nitrogens with two attached hydrogens (primary N) is 1. The van der Waals surface area contributed by atoms with Crippen molar-refractivity contribution < 1.29 is 13.6 Å². The first-order valence-electron chi connectivity index (χ1n) is 10.6. The van der Waals surface area contributed by atoms with Crippen molar-refractivity contribution in [3.05, 3.63) is 86.7 Å². The van der Waals surface area contributed by atoms with E-state index in [-0.39, 0.29) is 18.1 Å². The van der Waals surface area contributed by atoms with Gasteiger partial charge in [-0.05, 0) is 42.8 Å². The molecule has 5 rings (SSSR count). The molecule has 0 radical (unpaired) electrons. The summed E-state index contributed by atoms with van der Waals surface area (Å²) in [5.74, 6) is 0.105. The van der Waals surface area contributed by atoms with Gasteiger partial charge in [0.2, 0.25) is 17.7 Å². The highest BCUT2D eigenvalue weighted by atomic mass is 19.1. The van der Waals surface area contributed by atoms with Crippen LogP contribution in [0.2, 0.25) is 0 Å². The maximum atomic E-state index is 13.6. The van der Waals surface area contributed by atoms with Crippen LogP contribution in [0.1, 0.15) is 30.9 Å². The van der Waals surface area contributed by atoms with Crippen LogP contribution in [0.5, 0.6) is 0 Å². The minimum absolute atomic E-state index is 0.0678. The molecule has 0 saturated heterocycles. The zero-order valence-electron chi connectivity index (χ0n) is 18.7. The molecule has 1 unspecified atom stereocenters. The second-order valence-corrected chi connectivity index (χ2v) is 8.13. The van der Waals surface area contributed by atoms with Gasteiger partial charge in [0.05, 0.1) is 17.8 Å². The van der Waals surface area contributed by atoms with Crippen molar-refractivity contribution in [1.82, 2.24) is 24.1 Å². The molecular formula is C23H21FN7O3+. The molecule has 4 aromatic rings. The van der Waals surface area contributed by atoms with E-state index in [0.717, 1.165) is 4.76 Å². The van der Waals surface area contributed by atoms with Gasteiger partial charge in [0.1, 0.15) is 17.3 Å². The van der Waals surface area contributed by atoms with Crippen LogP contribution in [-0.4, -0.2) is 35.0 Å². The van der Waals surface area contributed by atoms with Crippen LogP contribution in [0.4, 0.5) is 10.3 Å². The second kappa shape index (κ2) is 7.87. The van der Waals surface area contributed by atoms with Crippen molar-refractivity contribution in [3.8, 4) is 11.3 Å². The third-order valence-corrected chi connectivity index (χ3v) is 5.81. The molecule has 2 N–H and O–H groups in total. The van der Waals surface area contributed by atoms with E-state index in [2.05, 4.69) is 15.1 Å². The van der Waals surface area contributed by atoms with E-state index in [9.17, 15) is 14.1 Å². The van der Waals surface area contributed by atoms with Gasteiger partial charge in [0.15, 0.2) is 12.0 Å². The first-order valence-corrected chi connectivity index (χ1v) is 10.6. The van der Waals surface area contributed by atoms with Crippen molar-refractivity contribution in [3.63, 3.8) is 0 Å². The van der Waals surface area contributed by atoms with Crippen molar-refractivity contribution in [2.45, 2.75) is 33.4 Å². The van der Waals surface area contributed by atoms with E-state index in [0.29, 0.717) is 39.5 Å². The number of halogens is 1. The van der Waals surface area contributed by atoms with Gasteiger partial charge in [0.25, 0.3) is 0 Å². The molecule has 172 valence electrons. The van der Waals surface area contributed by atoms with E-state index < -0.39 is 17.5 Å². The van der Waals surface area contributed by atoms with Crippen LogP contribution in [0.15, 0.2) is 57.7 Å². The first kappa shape index (κ1) is 21.4. The molecule has 0 fully saturated rings. The van der Waals surface area contributed by atoms with Crippen molar-refractivity contribution in [2.24, 2.45) is 0 Å². The molecule has 34 heavy (non-hydrogen) atoms. The normalized spacial score (nSPS) is 16.1. The van der Waals surface area contributed by atoms with Gasteiger partial charge >= 0.3 is 5.69 Å². The van der Waals surface area contributed by atoms with Crippen LogP contribution in [0.25, 0.3) is 22.5 Å². The fourth-order valence-electron chi connectivity index (χ4n) is 4.05. The van der Waals surface area contributed by atoms with E-state index >= 15 is 0 Å². The number of oxazole rings is 1. The molecule has 1 aliphatic rings. The molecule has 3 aromatic heterocycles. The number of allylic oxidation sites excluding steroid dienone is 3. The Kier molecular flexibility index (Phi) is 4.96. The number of anilines is 1. The number of aromatic nitrogens is 5. The summed E-state index contributed by atoms with van der Waals surface area (Å²) in [4.78, 5) is 34.2. The SMILES string of the molecule is CC1=CC(c2c(-c3ccc(F)cc3)nc(N)n3c(=O)n(Cc4ncoc4C)nc23)=CC(C)[N+]1=O. The zero-order chi connectivity index (χ0) is 24.1. The largest absolute Gasteiger partial charge is 0.448 e. The summed E-state index contributed by atoms with van der Waals surface area (Å²) in [6.07, 6.45) is 4.78. The fraction of sp³-hybridized carbons (Fsp3) is 0.217. The van der Waals surface area contributed by atoms with Gasteiger partial charge < -0.3 is 10.2 Å². The summed E-state index contributed by atoms with van der Waals surface area (Å²) in [5, 5.41) is 4.57. The molecule has 0 amide bonds. The standard InChI is InChI=1S/C23H21FN7O3/c1-12-8-16(9-13(2)31(12)33)19-20(15-4-6-17(24)7-5-15)27-22(25)30-21(19)28-29(23(30)32)10-18-14(3)34-11-26-18/h4-9,11-12H,10H2,1-3H3,(H2,25,27)/q+1. The number of benzene rings is 1. The van der Waals surface area contributed by atoms with Crippen molar-refractivity contribution >= 4 is 17.2 Å². The van der Waals surface area contributed by atoms with Crippen LogP contribution in [0, 0.1) is 17.6 Å². The Morgan fingerprint density at radius 3 is 2.62 bits per heavy atom. The molecule has 4 heterocycles. The summed E-state index contributed by atoms with van der Waals surface area (Å²) in [6, 6.07) is 5.34. The van der Waals surface area contributed by atoms with E-state index in [1.807, 2.05) is 0 Å². The first-order chi connectivity index (χ1) is 16.2. The highest BCUT2D eigenvalue weighted by Crippen LogP contribution is 2.34. The molecule has 0 bridgehead atoms. The van der Waals surface area contributed by atoms with Gasteiger partial charge in [-0.15, -0.1) is 5.10 Å². The number of nitroso groups, excluding NO2 is 1. The lowest BCUT2D eigenvalue weighted by molar-refractivity contribution is -0.523. The second-order valence-electron chi connectivity index (χ2n) is 8.13. The molecule has 1 aliphatic heterocycles. The molecule has 0 aliphatic carbocycles. The van der Waals surface area contributed by atoms with Gasteiger partial charge in [-0.1, -0.05) is 0 Å². The summed E-state index contributed by atoms with van der Waals surface area (Å²) >= 11 is 0. The predicted molar refractivity (Wildman–Crippen MR) is 122 cm³/mol. The lowest BCUT2D eigenvalue weighted by atomic mass is 9.95. The smallest absolute Gasteiger partial charge is 0.353 e. The van der Waals surface area contributed by atoms with Gasteiger partial charge in [-0.3, -0.25) is 0 Å².